The van der Waals surface area contributed by atoms with Gasteiger partial charge in [0.2, 0.25) is 5.91 Å². The van der Waals surface area contributed by atoms with Crippen LogP contribution < -0.4 is 5.32 Å². The van der Waals surface area contributed by atoms with E-state index in [1.165, 1.54) is 0 Å². The summed E-state index contributed by atoms with van der Waals surface area (Å²) >= 11 is 0. The number of rotatable bonds is 21. The summed E-state index contributed by atoms with van der Waals surface area (Å²) in [6.07, 6.45) is 15.3. The van der Waals surface area contributed by atoms with Gasteiger partial charge in [-0.15, -0.1) is 0 Å². The summed E-state index contributed by atoms with van der Waals surface area (Å²) in [5.41, 5.74) is 0. The van der Waals surface area contributed by atoms with Crippen LogP contribution in [-0.4, -0.2) is 87.5 Å². The molecule has 0 spiro atoms. The molecule has 0 saturated carbocycles. The molecule has 1 rings (SSSR count). The molecular weight excluding hydrogens is 502 g/mol. The number of nitrogens with one attached hydrogen (secondary N) is 1. The van der Waals surface area contributed by atoms with Crippen LogP contribution in [0.2, 0.25) is 0 Å². The van der Waals surface area contributed by atoms with E-state index in [0.717, 1.165) is 70.6 Å². The van der Waals surface area contributed by atoms with Gasteiger partial charge < -0.3 is 40.3 Å². The molecule has 226 valence electrons. The highest BCUT2D eigenvalue weighted by Gasteiger charge is 2.44. The number of carbonyl (C=O) groups excluding carboxylic acids is 1. The zero-order valence-electron chi connectivity index (χ0n) is 23.9. The summed E-state index contributed by atoms with van der Waals surface area (Å²) in [4.78, 5) is 12.6. The van der Waals surface area contributed by atoms with Crippen molar-refractivity contribution in [3.63, 3.8) is 0 Å². The van der Waals surface area contributed by atoms with Crippen molar-refractivity contribution >= 4 is 5.91 Å². The fraction of sp³-hybridized carbons (Fsp3) is 0.767. The summed E-state index contributed by atoms with van der Waals surface area (Å²) in [7, 11) is 0. The molecule has 1 amide bonds. The summed E-state index contributed by atoms with van der Waals surface area (Å²) in [5.74, 6) is -0.211. The Kier molecular flexibility index (Phi) is 20.1. The topological polar surface area (TPSA) is 149 Å². The van der Waals surface area contributed by atoms with Gasteiger partial charge in [0, 0.05) is 6.42 Å². The molecule has 7 atom stereocenters. The summed E-state index contributed by atoms with van der Waals surface area (Å²) in [6, 6.07) is -0.817. The van der Waals surface area contributed by atoms with Crippen LogP contribution in [0.25, 0.3) is 0 Å². The van der Waals surface area contributed by atoms with Crippen molar-refractivity contribution in [2.24, 2.45) is 0 Å². The number of aliphatic hydroxyl groups is 5. The van der Waals surface area contributed by atoms with Crippen molar-refractivity contribution in [2.45, 2.75) is 134 Å². The van der Waals surface area contributed by atoms with Gasteiger partial charge in [-0.05, 0) is 38.5 Å². The van der Waals surface area contributed by atoms with Crippen LogP contribution in [0.15, 0.2) is 36.5 Å². The van der Waals surface area contributed by atoms with Crippen LogP contribution >= 0.6 is 0 Å². The molecule has 1 fully saturated rings. The minimum absolute atomic E-state index is 0.207. The molecule has 7 unspecified atom stereocenters. The van der Waals surface area contributed by atoms with E-state index < -0.39 is 49.5 Å². The average Bonchev–Trinajstić information content (AvgIpc) is 2.93. The lowest BCUT2D eigenvalue weighted by Gasteiger charge is -2.40. The smallest absolute Gasteiger partial charge is 0.220 e. The molecule has 9 heteroatoms. The van der Waals surface area contributed by atoms with Crippen LogP contribution in [0, 0.1) is 0 Å². The molecule has 0 radical (unpaired) electrons. The van der Waals surface area contributed by atoms with Gasteiger partial charge in [0.05, 0.1) is 25.4 Å². The maximum atomic E-state index is 12.6. The summed E-state index contributed by atoms with van der Waals surface area (Å²) < 4.78 is 11.0. The molecule has 1 heterocycles. The molecule has 0 aromatic carbocycles. The van der Waals surface area contributed by atoms with Gasteiger partial charge in [0.15, 0.2) is 6.29 Å². The lowest BCUT2D eigenvalue weighted by molar-refractivity contribution is -0.302. The van der Waals surface area contributed by atoms with E-state index in [9.17, 15) is 30.3 Å². The minimum atomic E-state index is -1.57. The zero-order valence-corrected chi connectivity index (χ0v) is 23.9. The summed E-state index contributed by atoms with van der Waals surface area (Å²) in [6.45, 7) is 3.51. The lowest BCUT2D eigenvalue weighted by atomic mass is 9.99. The molecule has 1 saturated heterocycles. The van der Waals surface area contributed by atoms with Crippen LogP contribution in [0.4, 0.5) is 0 Å². The number of allylic oxidation sites excluding steroid dienone is 5. The van der Waals surface area contributed by atoms with E-state index in [2.05, 4.69) is 43.5 Å². The first-order valence-corrected chi connectivity index (χ1v) is 14.7. The van der Waals surface area contributed by atoms with Crippen molar-refractivity contribution in [1.82, 2.24) is 5.32 Å². The zero-order chi connectivity index (χ0) is 28.9. The lowest BCUT2D eigenvalue weighted by Crippen LogP contribution is -2.60. The standard InChI is InChI=1S/C30H53NO8/c1-3-5-7-9-10-11-12-13-14-16-17-19-24(33)23(31-26(34)20-18-15-8-6-4-2)22-38-30-29(37)28(36)27(35)25(21-32)39-30/h7,9,12-13,17,19,23-25,27-30,32-33,35-37H,3-6,8,10-11,14-16,18,20-22H2,1-2H3,(H,31,34)/b9-7+,13-12+,19-17+. The Balaban J connectivity index is 2.63. The number of amides is 1. The molecule has 0 bridgehead atoms. The van der Waals surface area contributed by atoms with Gasteiger partial charge in [0.25, 0.3) is 0 Å². The number of hydrogen-bond donors (Lipinski definition) is 6. The van der Waals surface area contributed by atoms with Gasteiger partial charge in [-0.25, -0.2) is 0 Å². The average molecular weight is 556 g/mol. The molecule has 0 aromatic heterocycles. The Morgan fingerprint density at radius 3 is 2.08 bits per heavy atom. The van der Waals surface area contributed by atoms with Gasteiger partial charge in [-0.3, -0.25) is 4.79 Å². The van der Waals surface area contributed by atoms with Crippen LogP contribution in [0.1, 0.15) is 90.9 Å². The monoisotopic (exact) mass is 555 g/mol. The maximum absolute atomic E-state index is 12.6. The number of hydrogen-bond acceptors (Lipinski definition) is 8. The van der Waals surface area contributed by atoms with E-state index in [1.54, 1.807) is 6.08 Å². The maximum Gasteiger partial charge on any atom is 0.220 e. The molecule has 9 nitrogen and oxygen atoms in total. The predicted molar refractivity (Wildman–Crippen MR) is 152 cm³/mol. The highest BCUT2D eigenvalue weighted by molar-refractivity contribution is 5.76. The van der Waals surface area contributed by atoms with Crippen molar-refractivity contribution in [3.05, 3.63) is 36.5 Å². The number of unbranched alkanes of at least 4 members (excludes halogenated alkanes) is 7. The highest BCUT2D eigenvalue weighted by Crippen LogP contribution is 2.22. The van der Waals surface area contributed by atoms with Gasteiger partial charge in [-0.2, -0.15) is 0 Å². The second kappa shape index (κ2) is 22.1. The predicted octanol–water partition coefficient (Wildman–Crippen LogP) is 3.04. The van der Waals surface area contributed by atoms with E-state index >= 15 is 0 Å². The molecule has 0 aromatic rings. The van der Waals surface area contributed by atoms with Crippen LogP contribution in [0.3, 0.4) is 0 Å². The molecular formula is C30H53NO8. The SMILES string of the molecule is CCC/C=C/CC/C=C/CC/C=C/C(O)C(COC1OC(CO)C(O)C(O)C1O)NC(=O)CCCCCCC. The third-order valence-corrected chi connectivity index (χ3v) is 6.68. The summed E-state index contributed by atoms with van der Waals surface area (Å²) in [5, 5.41) is 53.2. The molecule has 39 heavy (non-hydrogen) atoms. The van der Waals surface area contributed by atoms with Crippen molar-refractivity contribution in [1.29, 1.82) is 0 Å². The first-order chi connectivity index (χ1) is 18.8. The van der Waals surface area contributed by atoms with Gasteiger partial charge >= 0.3 is 0 Å². The number of aliphatic hydroxyl groups excluding tert-OH is 5. The fourth-order valence-corrected chi connectivity index (χ4v) is 4.19. The Hall–Kier alpha value is -1.59. The number of ether oxygens (including phenoxy) is 2. The van der Waals surface area contributed by atoms with Crippen molar-refractivity contribution in [3.8, 4) is 0 Å². The van der Waals surface area contributed by atoms with Crippen molar-refractivity contribution < 1.29 is 39.8 Å². The minimum Gasteiger partial charge on any atom is -0.394 e. The second-order valence-electron chi connectivity index (χ2n) is 10.2. The van der Waals surface area contributed by atoms with E-state index in [1.807, 2.05) is 6.08 Å². The van der Waals surface area contributed by atoms with Gasteiger partial charge in [0.1, 0.15) is 24.4 Å². The third-order valence-electron chi connectivity index (χ3n) is 6.68. The quantitative estimate of drug-likeness (QED) is 0.0935. The second-order valence-corrected chi connectivity index (χ2v) is 10.2. The first kappa shape index (κ1) is 35.4. The molecule has 1 aliphatic rings. The van der Waals surface area contributed by atoms with E-state index in [-0.39, 0.29) is 12.5 Å². The Morgan fingerprint density at radius 2 is 1.46 bits per heavy atom. The molecule has 0 aliphatic carbocycles. The molecule has 1 aliphatic heterocycles. The first-order valence-electron chi connectivity index (χ1n) is 14.7. The molecule has 6 N–H and O–H groups in total. The van der Waals surface area contributed by atoms with Gasteiger partial charge in [-0.1, -0.05) is 82.4 Å². The Morgan fingerprint density at radius 1 is 0.846 bits per heavy atom. The normalized spacial score (nSPS) is 25.6. The van der Waals surface area contributed by atoms with E-state index in [0.29, 0.717) is 6.42 Å². The third kappa shape index (κ3) is 15.1. The largest absolute Gasteiger partial charge is 0.394 e. The highest BCUT2D eigenvalue weighted by atomic mass is 16.7. The fourth-order valence-electron chi connectivity index (χ4n) is 4.19. The Labute approximate surface area is 234 Å². The van der Waals surface area contributed by atoms with Crippen LogP contribution in [0.5, 0.6) is 0 Å². The number of carbonyl (C=O) groups is 1. The van der Waals surface area contributed by atoms with Crippen LogP contribution in [-0.2, 0) is 14.3 Å². The van der Waals surface area contributed by atoms with Crippen molar-refractivity contribution in [2.75, 3.05) is 13.2 Å². The van der Waals surface area contributed by atoms with E-state index in [4.69, 9.17) is 9.47 Å². The Bertz CT molecular complexity index is 711.